The van der Waals surface area contributed by atoms with Gasteiger partial charge in [0.15, 0.2) is 0 Å². The number of benzene rings is 2. The molecule has 1 fully saturated rings. The summed E-state index contributed by atoms with van der Waals surface area (Å²) < 4.78 is 33.4. The molecule has 1 saturated carbocycles. The summed E-state index contributed by atoms with van der Waals surface area (Å²) in [4.78, 5) is 4.13. The molecule has 0 bridgehead atoms. The second-order valence-corrected chi connectivity index (χ2v) is 6.00. The molecule has 3 aromatic rings. The van der Waals surface area contributed by atoms with Crippen molar-refractivity contribution in [2.45, 2.75) is 18.8 Å². The van der Waals surface area contributed by atoms with E-state index in [0.717, 1.165) is 17.5 Å². The molecule has 0 unspecified atom stereocenters. The maximum Gasteiger partial charge on any atom is 0.246 e. The fourth-order valence-electron chi connectivity index (χ4n) is 2.77. The summed E-state index contributed by atoms with van der Waals surface area (Å²) in [6, 6.07) is 9.07. The number of hydrogen-bond donors (Lipinski definition) is 1. The molecule has 128 valence electrons. The van der Waals surface area contributed by atoms with Crippen LogP contribution in [0.4, 0.5) is 20.4 Å². The summed E-state index contributed by atoms with van der Waals surface area (Å²) in [5.74, 6) is 0.412. The molecule has 2 aromatic carbocycles. The van der Waals surface area contributed by atoms with Gasteiger partial charge in [-0.3, -0.25) is 0 Å². The number of aromatic nitrogens is 3. The number of methoxy groups -OCH3 is 1. The van der Waals surface area contributed by atoms with E-state index in [1.165, 1.54) is 41.5 Å². The Balaban J connectivity index is 1.56. The summed E-state index contributed by atoms with van der Waals surface area (Å²) in [5, 5.41) is 7.28. The van der Waals surface area contributed by atoms with Gasteiger partial charge in [-0.2, -0.15) is 4.98 Å². The third-order valence-electron chi connectivity index (χ3n) is 4.11. The van der Waals surface area contributed by atoms with Gasteiger partial charge < -0.3 is 10.1 Å². The highest BCUT2D eigenvalue weighted by Gasteiger charge is 2.26. The number of hydrogen-bond acceptors (Lipinski definition) is 4. The highest BCUT2D eigenvalue weighted by atomic mass is 19.1. The molecule has 1 aliphatic carbocycles. The third kappa shape index (κ3) is 3.31. The minimum absolute atomic E-state index is 0.264. The zero-order valence-electron chi connectivity index (χ0n) is 13.5. The smallest absolute Gasteiger partial charge is 0.246 e. The van der Waals surface area contributed by atoms with Crippen LogP contribution in [0.5, 0.6) is 5.75 Å². The molecule has 0 aliphatic heterocycles. The Kier molecular flexibility index (Phi) is 3.83. The molecule has 1 N–H and O–H groups in total. The Bertz CT molecular complexity index is 901. The highest BCUT2D eigenvalue weighted by Crippen LogP contribution is 2.45. The Morgan fingerprint density at radius 3 is 2.56 bits per heavy atom. The minimum atomic E-state index is -0.666. The number of anilines is 2. The number of halogens is 2. The molecule has 4 rings (SSSR count). The van der Waals surface area contributed by atoms with Crippen LogP contribution in [0, 0.1) is 11.6 Å². The standard InChI is InChI=1S/C18H16F2N4O/c1-25-17-9-14(4-5-16(17)11-2-3-11)22-18-21-10-24(23-18)15-7-12(19)6-13(20)8-15/h4-11H,2-3H2,1H3,(H,22,23). The lowest BCUT2D eigenvalue weighted by atomic mass is 10.1. The molecule has 7 heteroatoms. The first kappa shape index (κ1) is 15.6. The van der Waals surface area contributed by atoms with E-state index < -0.39 is 11.6 Å². The lowest BCUT2D eigenvalue weighted by Gasteiger charge is -2.10. The maximum atomic E-state index is 13.3. The van der Waals surface area contributed by atoms with Crippen molar-refractivity contribution in [3.8, 4) is 11.4 Å². The van der Waals surface area contributed by atoms with Crippen LogP contribution in [0.3, 0.4) is 0 Å². The Labute approximate surface area is 143 Å². The first-order chi connectivity index (χ1) is 12.1. The molecule has 0 spiro atoms. The van der Waals surface area contributed by atoms with Crippen LogP contribution in [0.25, 0.3) is 5.69 Å². The fraction of sp³-hybridized carbons (Fsp3) is 0.222. The van der Waals surface area contributed by atoms with Crippen LogP contribution in [0.1, 0.15) is 24.3 Å². The summed E-state index contributed by atoms with van der Waals surface area (Å²) in [6.45, 7) is 0. The highest BCUT2D eigenvalue weighted by molar-refractivity contribution is 5.58. The second-order valence-electron chi connectivity index (χ2n) is 6.00. The van der Waals surface area contributed by atoms with Crippen molar-refractivity contribution in [3.05, 3.63) is 59.9 Å². The fourth-order valence-corrected chi connectivity index (χ4v) is 2.77. The predicted molar refractivity (Wildman–Crippen MR) is 89.5 cm³/mol. The van der Waals surface area contributed by atoms with E-state index in [0.29, 0.717) is 11.9 Å². The van der Waals surface area contributed by atoms with Crippen LogP contribution < -0.4 is 10.1 Å². The summed E-state index contributed by atoms with van der Waals surface area (Å²) >= 11 is 0. The Hall–Kier alpha value is -2.96. The summed E-state index contributed by atoms with van der Waals surface area (Å²) in [7, 11) is 1.65. The van der Waals surface area contributed by atoms with Crippen molar-refractivity contribution in [3.63, 3.8) is 0 Å². The van der Waals surface area contributed by atoms with Gasteiger partial charge in [0.1, 0.15) is 23.7 Å². The number of nitrogens with one attached hydrogen (secondary N) is 1. The maximum absolute atomic E-state index is 13.3. The first-order valence-corrected chi connectivity index (χ1v) is 7.95. The zero-order valence-corrected chi connectivity index (χ0v) is 13.5. The van der Waals surface area contributed by atoms with E-state index in [9.17, 15) is 8.78 Å². The van der Waals surface area contributed by atoms with Gasteiger partial charge in [0.2, 0.25) is 5.95 Å². The quantitative estimate of drug-likeness (QED) is 0.756. The van der Waals surface area contributed by atoms with E-state index in [1.807, 2.05) is 18.2 Å². The molecular weight excluding hydrogens is 326 g/mol. The van der Waals surface area contributed by atoms with E-state index in [-0.39, 0.29) is 5.69 Å². The second kappa shape index (κ2) is 6.16. The van der Waals surface area contributed by atoms with E-state index in [2.05, 4.69) is 15.4 Å². The molecule has 1 heterocycles. The molecule has 1 aliphatic rings. The van der Waals surface area contributed by atoms with Gasteiger partial charge in [-0.05, 0) is 42.5 Å². The number of nitrogens with zero attached hydrogens (tertiary/aromatic N) is 3. The largest absolute Gasteiger partial charge is 0.496 e. The molecule has 0 amide bonds. The third-order valence-corrected chi connectivity index (χ3v) is 4.11. The lowest BCUT2D eigenvalue weighted by Crippen LogP contribution is -1.99. The average molecular weight is 342 g/mol. The van der Waals surface area contributed by atoms with E-state index in [4.69, 9.17) is 4.74 Å². The van der Waals surface area contributed by atoms with Crippen LogP contribution in [-0.2, 0) is 0 Å². The molecule has 5 nitrogen and oxygen atoms in total. The monoisotopic (exact) mass is 342 g/mol. The van der Waals surface area contributed by atoms with Gasteiger partial charge in [0.05, 0.1) is 12.8 Å². The van der Waals surface area contributed by atoms with Gasteiger partial charge >= 0.3 is 0 Å². The van der Waals surface area contributed by atoms with E-state index in [1.54, 1.807) is 7.11 Å². The molecule has 0 saturated heterocycles. The normalized spacial score (nSPS) is 13.7. The van der Waals surface area contributed by atoms with Crippen LogP contribution in [0.15, 0.2) is 42.7 Å². The first-order valence-electron chi connectivity index (χ1n) is 7.95. The average Bonchev–Trinajstić information content (AvgIpc) is 3.32. The number of rotatable bonds is 5. The van der Waals surface area contributed by atoms with Crippen molar-refractivity contribution in [2.75, 3.05) is 12.4 Å². The van der Waals surface area contributed by atoms with Crippen molar-refractivity contribution >= 4 is 11.6 Å². The molecule has 0 radical (unpaired) electrons. The van der Waals surface area contributed by atoms with Crippen molar-refractivity contribution < 1.29 is 13.5 Å². The lowest BCUT2D eigenvalue weighted by molar-refractivity contribution is 0.410. The topological polar surface area (TPSA) is 52.0 Å². The number of ether oxygens (including phenoxy) is 1. The van der Waals surface area contributed by atoms with Gasteiger partial charge in [-0.25, -0.2) is 13.5 Å². The van der Waals surface area contributed by atoms with Gasteiger partial charge in [0.25, 0.3) is 0 Å². The van der Waals surface area contributed by atoms with Gasteiger partial charge in [-0.1, -0.05) is 6.07 Å². The van der Waals surface area contributed by atoms with Crippen LogP contribution in [-0.4, -0.2) is 21.9 Å². The molecular formula is C18H16F2N4O. The predicted octanol–water partition coefficient (Wildman–Crippen LogP) is 4.18. The van der Waals surface area contributed by atoms with Crippen molar-refractivity contribution in [1.82, 2.24) is 14.8 Å². The Morgan fingerprint density at radius 2 is 1.88 bits per heavy atom. The van der Waals surface area contributed by atoms with E-state index >= 15 is 0 Å². The van der Waals surface area contributed by atoms with Crippen molar-refractivity contribution in [2.24, 2.45) is 0 Å². The molecule has 0 atom stereocenters. The summed E-state index contributed by atoms with van der Waals surface area (Å²) in [5.41, 5.74) is 2.26. The van der Waals surface area contributed by atoms with Gasteiger partial charge in [0, 0.05) is 17.8 Å². The van der Waals surface area contributed by atoms with Gasteiger partial charge in [-0.15, -0.1) is 5.10 Å². The van der Waals surface area contributed by atoms with Crippen LogP contribution >= 0.6 is 0 Å². The SMILES string of the molecule is COc1cc(Nc2ncn(-c3cc(F)cc(F)c3)n2)ccc1C1CC1. The minimum Gasteiger partial charge on any atom is -0.496 e. The van der Waals surface area contributed by atoms with Crippen molar-refractivity contribution in [1.29, 1.82) is 0 Å². The molecule has 1 aromatic heterocycles. The zero-order chi connectivity index (χ0) is 17.4. The Morgan fingerprint density at radius 1 is 1.12 bits per heavy atom. The molecule has 25 heavy (non-hydrogen) atoms. The summed E-state index contributed by atoms with van der Waals surface area (Å²) in [6.07, 6.45) is 3.78. The van der Waals surface area contributed by atoms with Crippen LogP contribution in [0.2, 0.25) is 0 Å².